The number of benzene rings is 3. The lowest BCUT2D eigenvalue weighted by atomic mass is 10.1. The van der Waals surface area contributed by atoms with Gasteiger partial charge in [-0.05, 0) is 50.2 Å². The summed E-state index contributed by atoms with van der Waals surface area (Å²) in [6, 6.07) is 11.8. The average Bonchev–Trinajstić information content (AvgIpc) is 3.43. The number of ether oxygens (including phenoxy) is 3. The highest BCUT2D eigenvalue weighted by Crippen LogP contribution is 2.41. The van der Waals surface area contributed by atoms with Gasteiger partial charge in [0.15, 0.2) is 11.5 Å². The Morgan fingerprint density at radius 3 is 2.33 bits per heavy atom. The fourth-order valence-corrected chi connectivity index (χ4v) is 6.86. The van der Waals surface area contributed by atoms with Crippen molar-refractivity contribution in [2.45, 2.75) is 44.2 Å². The minimum absolute atomic E-state index is 0.0626. The highest BCUT2D eigenvalue weighted by Gasteiger charge is 2.38. The maximum Gasteiger partial charge on any atom is 0.338 e. The lowest BCUT2D eigenvalue weighted by Gasteiger charge is -2.33. The fourth-order valence-electron chi connectivity index (χ4n) is 5.71. The number of thioether (sulfide) groups is 1. The van der Waals surface area contributed by atoms with Crippen LogP contribution >= 0.6 is 11.8 Å². The molecule has 0 bridgehead atoms. The van der Waals surface area contributed by atoms with E-state index in [9.17, 15) is 27.6 Å². The maximum atomic E-state index is 14.4. The molecule has 2 fully saturated rings. The third-order valence-corrected chi connectivity index (χ3v) is 9.32. The van der Waals surface area contributed by atoms with Crippen molar-refractivity contribution in [3.05, 3.63) is 83.8 Å². The predicted octanol–water partition coefficient (Wildman–Crippen LogP) is 6.72. The number of nitrogens with zero attached hydrogens (tertiary/aromatic N) is 3. The first-order valence-corrected chi connectivity index (χ1v) is 17.2. The van der Waals surface area contributed by atoms with Crippen molar-refractivity contribution in [1.29, 1.82) is 0 Å². The Balaban J connectivity index is 1.09. The van der Waals surface area contributed by atoms with Crippen LogP contribution in [-0.2, 0) is 4.79 Å². The molecule has 2 aliphatic heterocycles. The van der Waals surface area contributed by atoms with Gasteiger partial charge in [-0.25, -0.2) is 33.2 Å². The van der Waals surface area contributed by atoms with E-state index >= 15 is 0 Å². The van der Waals surface area contributed by atoms with E-state index in [0.29, 0.717) is 77.7 Å². The number of carbonyl (C=O) groups is 3. The van der Waals surface area contributed by atoms with E-state index in [-0.39, 0.29) is 23.9 Å². The molecule has 0 spiro atoms. The zero-order valence-electron chi connectivity index (χ0n) is 27.9. The van der Waals surface area contributed by atoms with Crippen LogP contribution in [0.2, 0.25) is 0 Å². The number of rotatable bonds is 9. The molecule has 51 heavy (non-hydrogen) atoms. The number of nitrogens with one attached hydrogen (secondary N) is 3. The summed E-state index contributed by atoms with van der Waals surface area (Å²) in [5.74, 6) is -2.21. The standard InChI is InChI=1S/C35H35F3N6O6S/c1-19(2)40-35(47)43-12-9-23(10-13-43)50-30-17-27-24(16-29(30)48-3)28(8-11-39-27)49-22-6-4-21(5-7-22)41-34(46)42-44-31(45)18-51-33(44)32-25(37)14-20(36)15-26(32)38/h4-8,11,14-17,19,23,33H,9-10,12-13,18H2,1-3H3,(H,40,47)(H2,41,42,46). The van der Waals surface area contributed by atoms with Crippen molar-refractivity contribution in [1.82, 2.24) is 25.6 Å². The predicted molar refractivity (Wildman–Crippen MR) is 184 cm³/mol. The lowest BCUT2D eigenvalue weighted by Crippen LogP contribution is -2.48. The van der Waals surface area contributed by atoms with Crippen LogP contribution in [0.3, 0.4) is 0 Å². The number of hydrogen-bond acceptors (Lipinski definition) is 8. The van der Waals surface area contributed by atoms with Gasteiger partial charge in [0.25, 0.3) is 5.91 Å². The average molecular weight is 725 g/mol. The van der Waals surface area contributed by atoms with Crippen LogP contribution in [0.1, 0.15) is 37.6 Å². The molecular formula is C35H35F3N6O6S. The summed E-state index contributed by atoms with van der Waals surface area (Å²) < 4.78 is 60.4. The van der Waals surface area contributed by atoms with Gasteiger partial charge in [-0.1, -0.05) is 0 Å². The van der Waals surface area contributed by atoms with E-state index in [1.165, 1.54) is 0 Å². The van der Waals surface area contributed by atoms with E-state index in [1.807, 2.05) is 13.8 Å². The van der Waals surface area contributed by atoms with Crippen molar-refractivity contribution in [2.75, 3.05) is 31.3 Å². The molecule has 3 heterocycles. The minimum atomic E-state index is -1.22. The zero-order valence-corrected chi connectivity index (χ0v) is 28.7. The van der Waals surface area contributed by atoms with Crippen molar-refractivity contribution in [2.24, 2.45) is 0 Å². The molecule has 3 aromatic carbocycles. The van der Waals surface area contributed by atoms with E-state index in [1.54, 1.807) is 60.7 Å². The van der Waals surface area contributed by atoms with Gasteiger partial charge in [0, 0.05) is 67.4 Å². The molecule has 0 saturated carbocycles. The summed E-state index contributed by atoms with van der Waals surface area (Å²) >= 11 is 0.892. The number of aromatic nitrogens is 1. The molecule has 1 aromatic heterocycles. The second-order valence-electron chi connectivity index (χ2n) is 12.1. The smallest absolute Gasteiger partial charge is 0.338 e. The Morgan fingerprint density at radius 2 is 1.67 bits per heavy atom. The van der Waals surface area contributed by atoms with Crippen molar-refractivity contribution in [3.63, 3.8) is 0 Å². The van der Waals surface area contributed by atoms with Gasteiger partial charge in [0.2, 0.25) is 0 Å². The number of fused-ring (bicyclic) bond motifs is 1. The normalized spacial score (nSPS) is 16.4. The first kappa shape index (κ1) is 35.4. The van der Waals surface area contributed by atoms with Crippen LogP contribution in [-0.4, -0.2) is 71.0 Å². The number of likely N-dealkylation sites (tertiary alicyclic amines) is 1. The molecule has 3 N–H and O–H groups in total. The molecule has 1 unspecified atom stereocenters. The number of methoxy groups -OCH3 is 1. The molecule has 0 radical (unpaired) electrons. The molecule has 2 aliphatic rings. The summed E-state index contributed by atoms with van der Waals surface area (Å²) in [5, 5.41) is 5.75. The van der Waals surface area contributed by atoms with Crippen LogP contribution in [0.15, 0.2) is 60.8 Å². The summed E-state index contributed by atoms with van der Waals surface area (Å²) in [6.07, 6.45) is 2.84. The number of hydrogen-bond donors (Lipinski definition) is 3. The number of urea groups is 2. The van der Waals surface area contributed by atoms with Gasteiger partial charge in [-0.15, -0.1) is 11.8 Å². The van der Waals surface area contributed by atoms with Gasteiger partial charge in [-0.2, -0.15) is 0 Å². The van der Waals surface area contributed by atoms with Crippen LogP contribution < -0.4 is 30.3 Å². The van der Waals surface area contributed by atoms with E-state index in [4.69, 9.17) is 14.2 Å². The Bertz CT molecular complexity index is 1920. The first-order chi connectivity index (χ1) is 24.5. The molecule has 5 amide bonds. The lowest BCUT2D eigenvalue weighted by molar-refractivity contribution is -0.130. The molecular weight excluding hydrogens is 689 g/mol. The molecule has 16 heteroatoms. The number of piperidine rings is 1. The molecule has 1 atom stereocenters. The fraction of sp³-hybridized carbons (Fsp3) is 0.314. The second-order valence-corrected chi connectivity index (χ2v) is 13.2. The number of amides is 5. The Morgan fingerprint density at radius 1 is 0.961 bits per heavy atom. The monoisotopic (exact) mass is 724 g/mol. The van der Waals surface area contributed by atoms with Crippen LogP contribution in [0.5, 0.6) is 23.0 Å². The van der Waals surface area contributed by atoms with Crippen molar-refractivity contribution >= 4 is 46.3 Å². The second kappa shape index (κ2) is 15.2. The number of halogens is 3. The van der Waals surface area contributed by atoms with Crippen LogP contribution in [0.25, 0.3) is 10.9 Å². The molecule has 12 nitrogen and oxygen atoms in total. The highest BCUT2D eigenvalue weighted by molar-refractivity contribution is 8.00. The van der Waals surface area contributed by atoms with Crippen LogP contribution in [0, 0.1) is 17.5 Å². The van der Waals surface area contributed by atoms with Gasteiger partial charge < -0.3 is 29.7 Å². The molecule has 2 saturated heterocycles. The zero-order chi connectivity index (χ0) is 36.2. The van der Waals surface area contributed by atoms with Gasteiger partial charge in [-0.3, -0.25) is 9.78 Å². The quantitative estimate of drug-likeness (QED) is 0.173. The summed E-state index contributed by atoms with van der Waals surface area (Å²) in [7, 11) is 1.55. The van der Waals surface area contributed by atoms with Gasteiger partial charge in [0.1, 0.15) is 40.4 Å². The third kappa shape index (κ3) is 8.17. The summed E-state index contributed by atoms with van der Waals surface area (Å²) in [5.41, 5.74) is 2.74. The number of pyridine rings is 1. The Kier molecular flexibility index (Phi) is 10.6. The maximum absolute atomic E-state index is 14.4. The van der Waals surface area contributed by atoms with Gasteiger partial charge >= 0.3 is 12.1 Å². The van der Waals surface area contributed by atoms with Crippen LogP contribution in [0.4, 0.5) is 28.4 Å². The largest absolute Gasteiger partial charge is 0.493 e. The number of anilines is 1. The van der Waals surface area contributed by atoms with E-state index < -0.39 is 40.3 Å². The minimum Gasteiger partial charge on any atom is -0.493 e. The van der Waals surface area contributed by atoms with Crippen molar-refractivity contribution < 1.29 is 41.8 Å². The molecule has 4 aromatic rings. The molecule has 268 valence electrons. The van der Waals surface area contributed by atoms with Crippen molar-refractivity contribution in [3.8, 4) is 23.0 Å². The topological polar surface area (TPSA) is 134 Å². The number of hydrazine groups is 1. The first-order valence-electron chi connectivity index (χ1n) is 16.1. The SMILES string of the molecule is COc1cc2c(Oc3ccc(NC(=O)NN4C(=O)CSC4c4c(F)cc(F)cc4F)cc3)ccnc2cc1OC1CCN(C(=O)NC(C)C)CC1. The van der Waals surface area contributed by atoms with Gasteiger partial charge in [0.05, 0.1) is 23.9 Å². The number of carbonyl (C=O) groups excluding carboxylic acids is 3. The molecule has 6 rings (SSSR count). The van der Waals surface area contributed by atoms with E-state index in [0.717, 1.165) is 16.8 Å². The Hall–Kier alpha value is -5.38. The Labute approximate surface area is 295 Å². The summed E-state index contributed by atoms with van der Waals surface area (Å²) in [4.78, 5) is 43.9. The van der Waals surface area contributed by atoms with E-state index in [2.05, 4.69) is 21.0 Å². The summed E-state index contributed by atoms with van der Waals surface area (Å²) in [6.45, 7) is 5.00. The highest BCUT2D eigenvalue weighted by atomic mass is 32.2. The molecule has 0 aliphatic carbocycles. The third-order valence-electron chi connectivity index (χ3n) is 8.14.